The first-order valence-electron chi connectivity index (χ1n) is 4.68. The Balaban J connectivity index is 2.65. The van der Waals surface area contributed by atoms with Crippen LogP contribution >= 0.6 is 11.8 Å². The molecule has 0 fully saturated rings. The van der Waals surface area contributed by atoms with Crippen molar-refractivity contribution in [3.8, 4) is 0 Å². The van der Waals surface area contributed by atoms with Gasteiger partial charge in [-0.05, 0) is 6.42 Å². The Morgan fingerprint density at radius 1 is 1.60 bits per heavy atom. The highest BCUT2D eigenvalue weighted by molar-refractivity contribution is 7.99. The smallest absolute Gasteiger partial charge is 0.313 e. The number of aromatic nitrogens is 3. The molecule has 6 nitrogen and oxygen atoms in total. The number of rotatable bonds is 6. The molecule has 0 aliphatic heterocycles. The van der Waals surface area contributed by atoms with Crippen LogP contribution in [-0.2, 0) is 11.3 Å². The van der Waals surface area contributed by atoms with Crippen molar-refractivity contribution in [1.29, 1.82) is 0 Å². The zero-order valence-electron chi connectivity index (χ0n) is 8.51. The van der Waals surface area contributed by atoms with Crippen LogP contribution < -0.4 is 5.73 Å². The summed E-state index contributed by atoms with van der Waals surface area (Å²) in [5.41, 5.74) is 5.62. The maximum atomic E-state index is 10.4. The number of hydrogen-bond acceptors (Lipinski definition) is 5. The molecule has 0 spiro atoms. The minimum absolute atomic E-state index is 0.0236. The second-order valence-electron chi connectivity index (χ2n) is 3.03. The summed E-state index contributed by atoms with van der Waals surface area (Å²) < 4.78 is 1.75. The second-order valence-corrected chi connectivity index (χ2v) is 3.97. The molecule has 0 aromatic carbocycles. The molecular weight excluding hydrogens is 216 g/mol. The van der Waals surface area contributed by atoms with Crippen LogP contribution in [0.5, 0.6) is 0 Å². The molecule has 15 heavy (non-hydrogen) atoms. The fourth-order valence-corrected chi connectivity index (χ4v) is 1.75. The number of carboxylic acids is 1. The highest BCUT2D eigenvalue weighted by Crippen LogP contribution is 2.18. The third kappa shape index (κ3) is 3.43. The van der Waals surface area contributed by atoms with Crippen LogP contribution in [0.1, 0.15) is 19.8 Å². The number of anilines is 1. The summed E-state index contributed by atoms with van der Waals surface area (Å²) in [5, 5.41) is 16.7. The predicted octanol–water partition coefficient (Wildman–Crippen LogP) is 0.837. The number of carbonyl (C=O) groups is 1. The average molecular weight is 230 g/mol. The molecule has 84 valence electrons. The minimum Gasteiger partial charge on any atom is -0.481 e. The molecule has 1 rings (SSSR count). The largest absolute Gasteiger partial charge is 0.481 e. The lowest BCUT2D eigenvalue weighted by Crippen LogP contribution is -2.06. The third-order valence-electron chi connectivity index (χ3n) is 1.81. The van der Waals surface area contributed by atoms with Gasteiger partial charge in [0.1, 0.15) is 0 Å². The molecule has 0 radical (unpaired) electrons. The number of hydrogen-bond donors (Lipinski definition) is 2. The lowest BCUT2D eigenvalue weighted by Gasteiger charge is -2.05. The zero-order valence-corrected chi connectivity index (χ0v) is 9.33. The van der Waals surface area contributed by atoms with Gasteiger partial charge in [-0.15, -0.1) is 10.2 Å². The Morgan fingerprint density at radius 2 is 2.33 bits per heavy atom. The first-order valence-corrected chi connectivity index (χ1v) is 5.67. The number of nitrogen functional groups attached to an aromatic ring is 1. The Bertz CT molecular complexity index is 339. The van der Waals surface area contributed by atoms with E-state index in [0.29, 0.717) is 11.1 Å². The maximum Gasteiger partial charge on any atom is 0.313 e. The van der Waals surface area contributed by atoms with Gasteiger partial charge in [-0.1, -0.05) is 25.1 Å². The summed E-state index contributed by atoms with van der Waals surface area (Å²) in [6, 6.07) is 0. The van der Waals surface area contributed by atoms with Gasteiger partial charge in [0.05, 0.1) is 5.75 Å². The number of nitrogens with two attached hydrogens (primary N) is 1. The van der Waals surface area contributed by atoms with Crippen LogP contribution in [0.3, 0.4) is 0 Å². The van der Waals surface area contributed by atoms with Crippen LogP contribution in [-0.4, -0.2) is 31.6 Å². The summed E-state index contributed by atoms with van der Waals surface area (Å²) in [5.74, 6) is -0.551. The molecular formula is C8H14N4O2S. The molecule has 0 atom stereocenters. The maximum absolute atomic E-state index is 10.4. The fraction of sp³-hybridized carbons (Fsp3) is 0.625. The lowest BCUT2D eigenvalue weighted by molar-refractivity contribution is -0.133. The molecule has 1 aromatic rings. The van der Waals surface area contributed by atoms with Gasteiger partial charge in [0.25, 0.3) is 0 Å². The minimum atomic E-state index is -0.872. The van der Waals surface area contributed by atoms with Crippen molar-refractivity contribution in [2.45, 2.75) is 31.5 Å². The van der Waals surface area contributed by atoms with Gasteiger partial charge in [0.15, 0.2) is 5.16 Å². The molecule has 0 saturated carbocycles. The number of carboxylic acid groups (broad SMARTS) is 1. The van der Waals surface area contributed by atoms with Crippen LogP contribution in [0.2, 0.25) is 0 Å². The van der Waals surface area contributed by atoms with E-state index in [9.17, 15) is 4.79 Å². The van der Waals surface area contributed by atoms with E-state index in [4.69, 9.17) is 10.8 Å². The van der Waals surface area contributed by atoms with Crippen molar-refractivity contribution < 1.29 is 9.90 Å². The van der Waals surface area contributed by atoms with Gasteiger partial charge in [-0.3, -0.25) is 9.36 Å². The number of unbranched alkanes of at least 4 members (excludes halogenated alkanes) is 1. The Hall–Kier alpha value is -1.24. The molecule has 7 heteroatoms. The number of aliphatic carboxylic acids is 1. The second kappa shape index (κ2) is 5.59. The van der Waals surface area contributed by atoms with E-state index in [1.807, 2.05) is 0 Å². The molecule has 0 unspecified atom stereocenters. The summed E-state index contributed by atoms with van der Waals surface area (Å²) in [6.45, 7) is 2.81. The van der Waals surface area contributed by atoms with Gasteiger partial charge in [0, 0.05) is 6.54 Å². The van der Waals surface area contributed by atoms with Gasteiger partial charge < -0.3 is 10.8 Å². The molecule has 1 aromatic heterocycles. The molecule has 0 saturated heterocycles. The standard InChI is InChI=1S/C8H14N4O2S/c1-2-3-4-12-7(9)10-11-8(12)15-5-6(13)14/h2-5H2,1H3,(H2,9,10)(H,13,14). The van der Waals surface area contributed by atoms with E-state index < -0.39 is 5.97 Å². The monoisotopic (exact) mass is 230 g/mol. The average Bonchev–Trinajstić information content (AvgIpc) is 2.53. The molecule has 0 aliphatic carbocycles. The predicted molar refractivity (Wildman–Crippen MR) is 57.7 cm³/mol. The number of thioether (sulfide) groups is 1. The van der Waals surface area contributed by atoms with E-state index in [1.54, 1.807) is 4.57 Å². The van der Waals surface area contributed by atoms with Crippen molar-refractivity contribution in [3.63, 3.8) is 0 Å². The first-order chi connectivity index (χ1) is 7.15. The van der Waals surface area contributed by atoms with E-state index in [0.717, 1.165) is 31.1 Å². The van der Waals surface area contributed by atoms with Crippen molar-refractivity contribution in [2.75, 3.05) is 11.5 Å². The van der Waals surface area contributed by atoms with E-state index in [2.05, 4.69) is 17.1 Å². The fourth-order valence-electron chi connectivity index (χ4n) is 1.06. The van der Waals surface area contributed by atoms with Gasteiger partial charge in [-0.2, -0.15) is 0 Å². The topological polar surface area (TPSA) is 94.0 Å². The van der Waals surface area contributed by atoms with E-state index in [1.165, 1.54) is 0 Å². The molecule has 1 heterocycles. The van der Waals surface area contributed by atoms with Crippen molar-refractivity contribution in [1.82, 2.24) is 14.8 Å². The van der Waals surface area contributed by atoms with Crippen LogP contribution in [0.4, 0.5) is 5.95 Å². The Kier molecular flexibility index (Phi) is 4.41. The highest BCUT2D eigenvalue weighted by Gasteiger charge is 2.10. The van der Waals surface area contributed by atoms with E-state index >= 15 is 0 Å². The van der Waals surface area contributed by atoms with Crippen molar-refractivity contribution in [2.24, 2.45) is 0 Å². The van der Waals surface area contributed by atoms with Crippen LogP contribution in [0.25, 0.3) is 0 Å². The van der Waals surface area contributed by atoms with Gasteiger partial charge in [0.2, 0.25) is 5.95 Å². The van der Waals surface area contributed by atoms with Crippen molar-refractivity contribution in [3.05, 3.63) is 0 Å². The Morgan fingerprint density at radius 3 is 2.93 bits per heavy atom. The summed E-state index contributed by atoms with van der Waals surface area (Å²) >= 11 is 1.14. The van der Waals surface area contributed by atoms with Gasteiger partial charge in [-0.25, -0.2) is 0 Å². The molecule has 0 aliphatic rings. The molecule has 0 amide bonds. The summed E-state index contributed by atoms with van der Waals surface area (Å²) in [6.07, 6.45) is 2.02. The first kappa shape index (κ1) is 11.8. The summed E-state index contributed by atoms with van der Waals surface area (Å²) in [7, 11) is 0. The third-order valence-corrected chi connectivity index (χ3v) is 2.76. The zero-order chi connectivity index (χ0) is 11.3. The molecule has 3 N–H and O–H groups in total. The number of nitrogens with zero attached hydrogens (tertiary/aromatic N) is 3. The van der Waals surface area contributed by atoms with E-state index in [-0.39, 0.29) is 5.75 Å². The van der Waals surface area contributed by atoms with Gasteiger partial charge >= 0.3 is 5.97 Å². The Labute approximate surface area is 91.9 Å². The van der Waals surface area contributed by atoms with Crippen molar-refractivity contribution >= 4 is 23.7 Å². The summed E-state index contributed by atoms with van der Waals surface area (Å²) in [4.78, 5) is 10.4. The quantitative estimate of drug-likeness (QED) is 0.703. The normalized spacial score (nSPS) is 10.5. The highest BCUT2D eigenvalue weighted by atomic mass is 32.2. The van der Waals surface area contributed by atoms with Crippen LogP contribution in [0.15, 0.2) is 5.16 Å². The molecule has 0 bridgehead atoms. The SMILES string of the molecule is CCCCn1c(N)nnc1SCC(=O)O. The van der Waals surface area contributed by atoms with Crippen LogP contribution in [0, 0.1) is 0 Å². The lowest BCUT2D eigenvalue weighted by atomic mass is 10.3.